The molecule has 0 aliphatic carbocycles. The summed E-state index contributed by atoms with van der Waals surface area (Å²) in [7, 11) is 0. The second-order valence-corrected chi connectivity index (χ2v) is 3.69. The fourth-order valence-corrected chi connectivity index (χ4v) is 1.37. The number of ether oxygens (including phenoxy) is 2. The molecule has 0 radical (unpaired) electrons. The Kier molecular flexibility index (Phi) is 5.96. The van der Waals surface area contributed by atoms with Crippen molar-refractivity contribution in [3.8, 4) is 0 Å². The van der Waals surface area contributed by atoms with Crippen molar-refractivity contribution in [1.82, 2.24) is 0 Å². The normalized spacial score (nSPS) is 9.60. The number of carboxylic acid groups (broad SMARTS) is 1. The molecule has 20 heavy (non-hydrogen) atoms. The Morgan fingerprint density at radius 3 is 2.30 bits per heavy atom. The summed E-state index contributed by atoms with van der Waals surface area (Å²) in [4.78, 5) is 33.2. The Balaban J connectivity index is 2.46. The van der Waals surface area contributed by atoms with Crippen LogP contribution in [0.25, 0.3) is 0 Å². The molecule has 0 saturated carbocycles. The maximum atomic E-state index is 11.7. The molecule has 0 atom stereocenters. The van der Waals surface area contributed by atoms with Crippen molar-refractivity contribution in [3.63, 3.8) is 0 Å². The summed E-state index contributed by atoms with van der Waals surface area (Å²) in [5, 5.41) is 10.8. The highest BCUT2D eigenvalue weighted by molar-refractivity contribution is 6.01. The van der Waals surface area contributed by atoms with Crippen molar-refractivity contribution < 1.29 is 29.0 Å². The third kappa shape index (κ3) is 4.56. The minimum absolute atomic E-state index is 0.00460. The predicted octanol–water partition coefficient (Wildman–Crippen LogP) is 0.326. The third-order valence-corrected chi connectivity index (χ3v) is 2.30. The Morgan fingerprint density at radius 1 is 1.10 bits per heavy atom. The van der Waals surface area contributed by atoms with Crippen LogP contribution in [0.2, 0.25) is 0 Å². The number of rotatable bonds is 7. The average Bonchev–Trinajstić information content (AvgIpc) is 2.46. The molecule has 1 aromatic rings. The predicted molar refractivity (Wildman–Crippen MR) is 66.8 cm³/mol. The van der Waals surface area contributed by atoms with Crippen molar-refractivity contribution in [1.29, 1.82) is 0 Å². The van der Waals surface area contributed by atoms with E-state index in [4.69, 9.17) is 4.74 Å². The number of carbonyl (C=O) groups excluding carboxylic acids is 3. The Bertz CT molecular complexity index is 520. The van der Waals surface area contributed by atoms with Crippen LogP contribution in [0.15, 0.2) is 36.9 Å². The lowest BCUT2D eigenvalue weighted by Crippen LogP contribution is -2.25. The first kappa shape index (κ1) is 15.4. The van der Waals surface area contributed by atoms with Crippen LogP contribution in [0.1, 0.15) is 27.1 Å². The molecular formula is C14H13O6-. The summed E-state index contributed by atoms with van der Waals surface area (Å²) in [5.74, 6) is -2.77. The zero-order valence-corrected chi connectivity index (χ0v) is 10.7. The summed E-state index contributed by atoms with van der Waals surface area (Å²) in [6.45, 7) is 3.32. The van der Waals surface area contributed by atoms with Crippen molar-refractivity contribution in [2.45, 2.75) is 6.42 Å². The summed E-state index contributed by atoms with van der Waals surface area (Å²) >= 11 is 0. The SMILES string of the molecule is C=CC(=O)OCCCOC(=O)c1ccccc1C(=O)[O-]. The molecule has 0 aromatic heterocycles. The molecule has 0 aliphatic rings. The van der Waals surface area contributed by atoms with Crippen LogP contribution in [0.5, 0.6) is 0 Å². The number of hydrogen-bond donors (Lipinski definition) is 0. The second kappa shape index (κ2) is 7.73. The van der Waals surface area contributed by atoms with Gasteiger partial charge in [-0.3, -0.25) is 0 Å². The highest BCUT2D eigenvalue weighted by Crippen LogP contribution is 2.09. The molecule has 0 heterocycles. The summed E-state index contributed by atoms with van der Waals surface area (Å²) in [5.41, 5.74) is -0.300. The lowest BCUT2D eigenvalue weighted by molar-refractivity contribution is -0.255. The smallest absolute Gasteiger partial charge is 0.338 e. The van der Waals surface area contributed by atoms with Gasteiger partial charge in [0.05, 0.1) is 24.7 Å². The number of carbonyl (C=O) groups is 3. The number of benzene rings is 1. The minimum atomic E-state index is -1.45. The second-order valence-electron chi connectivity index (χ2n) is 3.69. The molecular weight excluding hydrogens is 264 g/mol. The molecule has 106 valence electrons. The van der Waals surface area contributed by atoms with Crippen LogP contribution in [0.4, 0.5) is 0 Å². The monoisotopic (exact) mass is 277 g/mol. The van der Waals surface area contributed by atoms with Gasteiger partial charge < -0.3 is 19.4 Å². The summed E-state index contributed by atoms with van der Waals surface area (Å²) in [6, 6.07) is 5.61. The Hall–Kier alpha value is -2.63. The van der Waals surface area contributed by atoms with Crippen LogP contribution in [-0.4, -0.2) is 31.1 Å². The molecule has 0 fully saturated rings. The van der Waals surface area contributed by atoms with Gasteiger partial charge in [0.2, 0.25) is 0 Å². The molecule has 0 spiro atoms. The third-order valence-electron chi connectivity index (χ3n) is 2.30. The van der Waals surface area contributed by atoms with E-state index in [1.54, 1.807) is 0 Å². The van der Waals surface area contributed by atoms with E-state index >= 15 is 0 Å². The van der Waals surface area contributed by atoms with Gasteiger partial charge in [-0.05, 0) is 6.07 Å². The number of carboxylic acids is 1. The molecule has 0 unspecified atom stereocenters. The maximum Gasteiger partial charge on any atom is 0.338 e. The maximum absolute atomic E-state index is 11.7. The van der Waals surface area contributed by atoms with Crippen molar-refractivity contribution in [2.75, 3.05) is 13.2 Å². The highest BCUT2D eigenvalue weighted by atomic mass is 16.5. The Labute approximate surface area is 115 Å². The molecule has 0 aliphatic heterocycles. The highest BCUT2D eigenvalue weighted by Gasteiger charge is 2.12. The lowest BCUT2D eigenvalue weighted by Gasteiger charge is -2.10. The van der Waals surface area contributed by atoms with Gasteiger partial charge in [0.25, 0.3) is 0 Å². The van der Waals surface area contributed by atoms with Crippen molar-refractivity contribution in [3.05, 3.63) is 48.0 Å². The minimum Gasteiger partial charge on any atom is -0.545 e. The number of esters is 2. The lowest BCUT2D eigenvalue weighted by atomic mass is 10.1. The molecule has 0 bridgehead atoms. The van der Waals surface area contributed by atoms with E-state index in [9.17, 15) is 19.5 Å². The van der Waals surface area contributed by atoms with E-state index in [1.807, 2.05) is 0 Å². The van der Waals surface area contributed by atoms with Crippen LogP contribution in [-0.2, 0) is 14.3 Å². The average molecular weight is 277 g/mol. The van der Waals surface area contributed by atoms with Gasteiger partial charge in [-0.15, -0.1) is 0 Å². The van der Waals surface area contributed by atoms with Gasteiger partial charge in [0.1, 0.15) is 0 Å². The van der Waals surface area contributed by atoms with Crippen LogP contribution in [0.3, 0.4) is 0 Å². The topological polar surface area (TPSA) is 92.7 Å². The first-order chi connectivity index (χ1) is 9.56. The van der Waals surface area contributed by atoms with E-state index < -0.39 is 17.9 Å². The quantitative estimate of drug-likeness (QED) is 0.405. The Morgan fingerprint density at radius 2 is 1.70 bits per heavy atom. The fraction of sp³-hybridized carbons (Fsp3) is 0.214. The first-order valence-corrected chi connectivity index (χ1v) is 5.83. The first-order valence-electron chi connectivity index (χ1n) is 5.83. The van der Waals surface area contributed by atoms with Gasteiger partial charge in [0.15, 0.2) is 0 Å². The molecule has 1 rings (SSSR count). The van der Waals surface area contributed by atoms with E-state index in [0.717, 1.165) is 6.08 Å². The molecule has 6 nitrogen and oxygen atoms in total. The number of hydrogen-bond acceptors (Lipinski definition) is 6. The van der Waals surface area contributed by atoms with Gasteiger partial charge in [-0.1, -0.05) is 24.8 Å². The van der Waals surface area contributed by atoms with E-state index in [-0.39, 0.29) is 24.3 Å². The van der Waals surface area contributed by atoms with Crippen LogP contribution >= 0.6 is 0 Å². The van der Waals surface area contributed by atoms with E-state index in [0.29, 0.717) is 6.42 Å². The number of aromatic carboxylic acids is 1. The largest absolute Gasteiger partial charge is 0.545 e. The standard InChI is InChI=1S/C14H14O6/c1-2-12(15)19-8-5-9-20-14(18)11-7-4-3-6-10(11)13(16)17/h2-4,6-7H,1,5,8-9H2,(H,16,17)/p-1. The zero-order valence-electron chi connectivity index (χ0n) is 10.7. The molecule has 0 amide bonds. The van der Waals surface area contributed by atoms with Gasteiger partial charge in [-0.25, -0.2) is 9.59 Å². The fourth-order valence-electron chi connectivity index (χ4n) is 1.37. The summed E-state index contributed by atoms with van der Waals surface area (Å²) < 4.78 is 9.58. The van der Waals surface area contributed by atoms with Crippen LogP contribution < -0.4 is 5.11 Å². The van der Waals surface area contributed by atoms with Gasteiger partial charge in [-0.2, -0.15) is 0 Å². The molecule has 6 heteroatoms. The van der Waals surface area contributed by atoms with E-state index in [1.165, 1.54) is 24.3 Å². The molecule has 0 saturated heterocycles. The van der Waals surface area contributed by atoms with Crippen molar-refractivity contribution in [2.24, 2.45) is 0 Å². The van der Waals surface area contributed by atoms with Crippen LogP contribution in [0, 0.1) is 0 Å². The zero-order chi connectivity index (χ0) is 15.0. The molecule has 1 aromatic carbocycles. The van der Waals surface area contributed by atoms with Gasteiger partial charge in [0, 0.05) is 18.1 Å². The van der Waals surface area contributed by atoms with Gasteiger partial charge >= 0.3 is 11.9 Å². The summed E-state index contributed by atoms with van der Waals surface area (Å²) in [6.07, 6.45) is 1.33. The van der Waals surface area contributed by atoms with Crippen molar-refractivity contribution >= 4 is 17.9 Å². The molecule has 0 N–H and O–H groups in total. The van der Waals surface area contributed by atoms with E-state index in [2.05, 4.69) is 11.3 Å².